The summed E-state index contributed by atoms with van der Waals surface area (Å²) in [7, 11) is 1.68. The fraction of sp³-hybridized carbons (Fsp3) is 0.167. The molecule has 0 radical (unpaired) electrons. The molecule has 102 valence electrons. The maximum absolute atomic E-state index is 12.1. The second kappa shape index (κ2) is 4.89. The van der Waals surface area contributed by atoms with Crippen LogP contribution in [0.5, 0.6) is 0 Å². The molecule has 1 amide bonds. The molecule has 3 rings (SSSR count). The molecular weight excluding hydrogens is 278 g/mol. The minimum absolute atomic E-state index is 0.0558. The highest BCUT2D eigenvalue weighted by Crippen LogP contribution is 2.12. The van der Waals surface area contributed by atoms with Gasteiger partial charge in [0.05, 0.1) is 11.0 Å². The monoisotopic (exact) mass is 289 g/mol. The van der Waals surface area contributed by atoms with E-state index in [9.17, 15) is 9.59 Å². The third-order valence-corrected chi connectivity index (χ3v) is 3.57. The third-order valence-electron chi connectivity index (χ3n) is 2.96. The van der Waals surface area contributed by atoms with Crippen molar-refractivity contribution in [2.24, 2.45) is 7.05 Å². The minimum atomic E-state index is -0.305. The maximum Gasteiger partial charge on any atom is 0.329 e. The number of benzene rings is 1. The Morgan fingerprint density at radius 2 is 2.10 bits per heavy atom. The van der Waals surface area contributed by atoms with Crippen LogP contribution in [-0.4, -0.2) is 25.2 Å². The summed E-state index contributed by atoms with van der Waals surface area (Å²) in [5, 5.41) is 10.4. The molecule has 0 saturated carbocycles. The van der Waals surface area contributed by atoms with E-state index in [2.05, 4.69) is 15.5 Å². The number of hydrogen-bond donors (Lipinski definition) is 1. The van der Waals surface area contributed by atoms with Crippen molar-refractivity contribution in [1.82, 2.24) is 19.3 Å². The van der Waals surface area contributed by atoms with E-state index in [4.69, 9.17) is 0 Å². The zero-order valence-electron chi connectivity index (χ0n) is 10.6. The van der Waals surface area contributed by atoms with Crippen LogP contribution in [0, 0.1) is 0 Å². The zero-order valence-corrected chi connectivity index (χ0v) is 11.4. The number of aryl methyl sites for hydroxylation is 1. The van der Waals surface area contributed by atoms with Gasteiger partial charge in [0.1, 0.15) is 12.1 Å². The number of aromatic nitrogens is 4. The van der Waals surface area contributed by atoms with Crippen molar-refractivity contribution < 1.29 is 4.79 Å². The number of imidazole rings is 1. The van der Waals surface area contributed by atoms with Gasteiger partial charge in [-0.15, -0.1) is 10.2 Å². The second-order valence-electron chi connectivity index (χ2n) is 4.21. The van der Waals surface area contributed by atoms with Gasteiger partial charge in [-0.3, -0.25) is 19.2 Å². The first-order valence-electron chi connectivity index (χ1n) is 5.87. The normalized spacial score (nSPS) is 10.8. The molecule has 1 aromatic carbocycles. The Bertz CT molecular complexity index is 818. The van der Waals surface area contributed by atoms with Crippen molar-refractivity contribution >= 4 is 33.4 Å². The van der Waals surface area contributed by atoms with E-state index < -0.39 is 0 Å². The van der Waals surface area contributed by atoms with Gasteiger partial charge in [0.2, 0.25) is 11.0 Å². The average Bonchev–Trinajstić information content (AvgIpc) is 3.03. The number of anilines is 1. The fourth-order valence-corrected chi connectivity index (χ4v) is 2.51. The molecule has 1 N–H and O–H groups in total. The lowest BCUT2D eigenvalue weighted by Gasteiger charge is -2.02. The number of rotatable bonds is 3. The number of nitrogens with zero attached hydrogens (tertiary/aromatic N) is 4. The van der Waals surface area contributed by atoms with Gasteiger partial charge in [-0.1, -0.05) is 23.5 Å². The Kier molecular flexibility index (Phi) is 3.07. The highest BCUT2D eigenvalue weighted by molar-refractivity contribution is 7.13. The topological polar surface area (TPSA) is 81.8 Å². The van der Waals surface area contributed by atoms with Crippen molar-refractivity contribution in [2.75, 3.05) is 5.32 Å². The van der Waals surface area contributed by atoms with Crippen molar-refractivity contribution in [3.8, 4) is 0 Å². The van der Waals surface area contributed by atoms with Crippen LogP contribution in [-0.2, 0) is 18.4 Å². The van der Waals surface area contributed by atoms with Crippen LogP contribution < -0.4 is 11.0 Å². The molecule has 2 aromatic heterocycles. The van der Waals surface area contributed by atoms with Gasteiger partial charge in [0, 0.05) is 7.05 Å². The first kappa shape index (κ1) is 12.5. The van der Waals surface area contributed by atoms with Crippen LogP contribution in [0.15, 0.2) is 34.6 Å². The van der Waals surface area contributed by atoms with E-state index in [1.807, 2.05) is 24.3 Å². The van der Waals surface area contributed by atoms with E-state index >= 15 is 0 Å². The summed E-state index contributed by atoms with van der Waals surface area (Å²) >= 11 is 1.23. The zero-order chi connectivity index (χ0) is 14.1. The fourth-order valence-electron chi connectivity index (χ4n) is 2.05. The molecule has 0 saturated heterocycles. The van der Waals surface area contributed by atoms with Gasteiger partial charge in [0.25, 0.3) is 0 Å². The summed E-state index contributed by atoms with van der Waals surface area (Å²) in [6, 6.07) is 7.35. The lowest BCUT2D eigenvalue weighted by molar-refractivity contribution is -0.116. The standard InChI is InChI=1S/C12H11N5O2S/c1-16-8-4-2-3-5-9(8)17(12(16)19)6-10(18)14-11-15-13-7-20-11/h2-5,7H,6H2,1H3,(H,14,15,18). The molecule has 8 heteroatoms. The molecule has 7 nitrogen and oxygen atoms in total. The molecular formula is C12H11N5O2S. The number of para-hydroxylation sites is 2. The summed E-state index contributed by atoms with van der Waals surface area (Å²) in [5.74, 6) is -0.305. The number of nitrogens with one attached hydrogen (secondary N) is 1. The van der Waals surface area contributed by atoms with Crippen LogP contribution in [0.25, 0.3) is 11.0 Å². The predicted molar refractivity (Wildman–Crippen MR) is 75.7 cm³/mol. The summed E-state index contributed by atoms with van der Waals surface area (Å²) in [6.07, 6.45) is 0. The van der Waals surface area contributed by atoms with Gasteiger partial charge in [-0.25, -0.2) is 4.79 Å². The van der Waals surface area contributed by atoms with E-state index in [-0.39, 0.29) is 18.1 Å². The molecule has 20 heavy (non-hydrogen) atoms. The van der Waals surface area contributed by atoms with E-state index in [1.54, 1.807) is 7.05 Å². The van der Waals surface area contributed by atoms with Crippen LogP contribution in [0.4, 0.5) is 5.13 Å². The molecule has 0 bridgehead atoms. The third kappa shape index (κ3) is 2.10. The van der Waals surface area contributed by atoms with Gasteiger partial charge in [-0.05, 0) is 12.1 Å². The van der Waals surface area contributed by atoms with Gasteiger partial charge in [0.15, 0.2) is 0 Å². The Morgan fingerprint density at radius 1 is 1.35 bits per heavy atom. The number of amides is 1. The SMILES string of the molecule is Cn1c(=O)n(CC(=O)Nc2nncs2)c2ccccc21. The Balaban J connectivity index is 1.93. The number of carbonyl (C=O) groups excluding carboxylic acids is 1. The summed E-state index contributed by atoms with van der Waals surface area (Å²) in [4.78, 5) is 24.1. The van der Waals surface area contributed by atoms with Crippen molar-refractivity contribution in [3.63, 3.8) is 0 Å². The first-order valence-corrected chi connectivity index (χ1v) is 6.75. The molecule has 0 aliphatic carbocycles. The lowest BCUT2D eigenvalue weighted by atomic mass is 10.3. The minimum Gasteiger partial charge on any atom is -0.299 e. The molecule has 0 aliphatic heterocycles. The first-order chi connectivity index (χ1) is 9.66. The second-order valence-corrected chi connectivity index (χ2v) is 5.04. The van der Waals surface area contributed by atoms with Crippen molar-refractivity contribution in [1.29, 1.82) is 0 Å². The summed E-state index contributed by atoms with van der Waals surface area (Å²) < 4.78 is 2.96. The quantitative estimate of drug-likeness (QED) is 0.774. The Labute approximate surface area is 117 Å². The van der Waals surface area contributed by atoms with E-state index in [0.717, 1.165) is 11.0 Å². The smallest absolute Gasteiger partial charge is 0.299 e. The average molecular weight is 289 g/mol. The summed E-state index contributed by atoms with van der Waals surface area (Å²) in [5.41, 5.74) is 2.83. The molecule has 3 aromatic rings. The molecule has 2 heterocycles. The van der Waals surface area contributed by atoms with Crippen LogP contribution >= 0.6 is 11.3 Å². The van der Waals surface area contributed by atoms with Gasteiger partial charge in [-0.2, -0.15) is 0 Å². The van der Waals surface area contributed by atoms with Gasteiger partial charge < -0.3 is 0 Å². The predicted octanol–water partition coefficient (Wildman–Crippen LogP) is 0.830. The van der Waals surface area contributed by atoms with Crippen molar-refractivity contribution in [3.05, 3.63) is 40.3 Å². The van der Waals surface area contributed by atoms with Crippen LogP contribution in [0.3, 0.4) is 0 Å². The lowest BCUT2D eigenvalue weighted by Crippen LogP contribution is -2.28. The molecule has 0 unspecified atom stereocenters. The van der Waals surface area contributed by atoms with E-state index in [1.165, 1.54) is 26.0 Å². The molecule has 0 fully saturated rings. The largest absolute Gasteiger partial charge is 0.329 e. The van der Waals surface area contributed by atoms with Gasteiger partial charge >= 0.3 is 5.69 Å². The van der Waals surface area contributed by atoms with Crippen LogP contribution in [0.1, 0.15) is 0 Å². The number of hydrogen-bond acceptors (Lipinski definition) is 5. The number of carbonyl (C=O) groups is 1. The Hall–Kier alpha value is -2.48. The highest BCUT2D eigenvalue weighted by Gasteiger charge is 2.13. The molecule has 0 atom stereocenters. The van der Waals surface area contributed by atoms with Crippen molar-refractivity contribution in [2.45, 2.75) is 6.54 Å². The summed E-state index contributed by atoms with van der Waals surface area (Å²) in [6.45, 7) is -0.0558. The highest BCUT2D eigenvalue weighted by atomic mass is 32.1. The molecule has 0 aliphatic rings. The Morgan fingerprint density at radius 3 is 2.80 bits per heavy atom. The maximum atomic E-state index is 12.1. The number of fused-ring (bicyclic) bond motifs is 1. The van der Waals surface area contributed by atoms with Crippen LogP contribution in [0.2, 0.25) is 0 Å². The molecule has 0 spiro atoms. The van der Waals surface area contributed by atoms with E-state index in [0.29, 0.717) is 5.13 Å².